The normalized spacial score (nSPS) is 17.2. The lowest BCUT2D eigenvalue weighted by atomic mass is 10.1. The predicted molar refractivity (Wildman–Crippen MR) is 49.2 cm³/mol. The molecule has 0 saturated heterocycles. The molecule has 0 radical (unpaired) electrons. The van der Waals surface area contributed by atoms with Gasteiger partial charge in [0, 0.05) is 12.2 Å². The van der Waals surface area contributed by atoms with Gasteiger partial charge in [0.15, 0.2) is 0 Å². The lowest BCUT2D eigenvalue weighted by Gasteiger charge is -2.11. The minimum atomic E-state index is 0.905. The van der Waals surface area contributed by atoms with Crippen LogP contribution in [0.3, 0.4) is 0 Å². The molecule has 0 fully saturated rings. The molecule has 0 spiro atoms. The van der Waals surface area contributed by atoms with Crippen molar-refractivity contribution in [1.29, 1.82) is 0 Å². The Hall–Kier alpha value is -1.24. The molecule has 58 valence electrons. The summed E-state index contributed by atoms with van der Waals surface area (Å²) in [7, 11) is 0. The number of hydrogen-bond acceptors (Lipinski definition) is 1. The highest BCUT2D eigenvalue weighted by atomic mass is 14.9. The van der Waals surface area contributed by atoms with Crippen molar-refractivity contribution in [3.8, 4) is 0 Å². The molecule has 0 unspecified atom stereocenters. The molecule has 1 aliphatic rings. The van der Waals surface area contributed by atoms with Crippen LogP contribution in [0.1, 0.15) is 6.92 Å². The Morgan fingerprint density at radius 2 is 2.45 bits per heavy atom. The maximum absolute atomic E-state index is 3.73. The fourth-order valence-electron chi connectivity index (χ4n) is 1.06. The van der Waals surface area contributed by atoms with Gasteiger partial charge in [-0.25, -0.2) is 0 Å². The average molecular weight is 147 g/mol. The average Bonchev–Trinajstić information content (AvgIpc) is 2.06. The Morgan fingerprint density at radius 1 is 1.64 bits per heavy atom. The molecule has 0 saturated carbocycles. The van der Waals surface area contributed by atoms with Crippen LogP contribution in [0, 0.1) is 0 Å². The molecule has 0 aromatic carbocycles. The first-order valence-electron chi connectivity index (χ1n) is 3.78. The fraction of sp³-hybridized carbons (Fsp3) is 0.200. The summed E-state index contributed by atoms with van der Waals surface area (Å²) in [5.74, 6) is 0. The van der Waals surface area contributed by atoms with E-state index in [4.69, 9.17) is 0 Å². The van der Waals surface area contributed by atoms with Crippen LogP contribution in [-0.4, -0.2) is 6.54 Å². The minimum Gasteiger partial charge on any atom is -0.381 e. The molecule has 1 N–H and O–H groups in total. The minimum absolute atomic E-state index is 0.905. The third-order valence-electron chi connectivity index (χ3n) is 1.57. The van der Waals surface area contributed by atoms with Crippen LogP contribution < -0.4 is 5.32 Å². The van der Waals surface area contributed by atoms with Crippen LogP contribution in [0.25, 0.3) is 0 Å². The Morgan fingerprint density at radius 3 is 3.09 bits per heavy atom. The molecule has 1 heteroatoms. The van der Waals surface area contributed by atoms with Gasteiger partial charge in [0.2, 0.25) is 0 Å². The highest BCUT2D eigenvalue weighted by Gasteiger charge is 1.99. The van der Waals surface area contributed by atoms with Crippen LogP contribution in [0.5, 0.6) is 0 Å². The van der Waals surface area contributed by atoms with E-state index in [1.807, 2.05) is 19.1 Å². The van der Waals surface area contributed by atoms with Crippen molar-refractivity contribution in [2.45, 2.75) is 6.92 Å². The van der Waals surface area contributed by atoms with Crippen molar-refractivity contribution >= 4 is 0 Å². The molecule has 1 heterocycles. The van der Waals surface area contributed by atoms with E-state index in [9.17, 15) is 0 Å². The van der Waals surface area contributed by atoms with Crippen molar-refractivity contribution in [3.63, 3.8) is 0 Å². The van der Waals surface area contributed by atoms with Crippen LogP contribution in [0.15, 0.2) is 48.2 Å². The SMILES string of the molecule is C=CC1=C(/C=C\C)C=CCN1. The van der Waals surface area contributed by atoms with E-state index in [0.29, 0.717) is 0 Å². The zero-order valence-electron chi connectivity index (χ0n) is 6.80. The molecule has 1 rings (SSSR count). The van der Waals surface area contributed by atoms with Gasteiger partial charge in [-0.2, -0.15) is 0 Å². The monoisotopic (exact) mass is 147 g/mol. The summed E-state index contributed by atoms with van der Waals surface area (Å²) in [6.07, 6.45) is 10.1. The second-order valence-electron chi connectivity index (χ2n) is 2.36. The van der Waals surface area contributed by atoms with Crippen LogP contribution in [-0.2, 0) is 0 Å². The number of rotatable bonds is 2. The molecule has 0 aromatic heterocycles. The van der Waals surface area contributed by atoms with Gasteiger partial charge in [0.05, 0.1) is 0 Å². The quantitative estimate of drug-likeness (QED) is 0.631. The van der Waals surface area contributed by atoms with Crippen molar-refractivity contribution in [2.24, 2.45) is 0 Å². The van der Waals surface area contributed by atoms with Gasteiger partial charge < -0.3 is 5.32 Å². The van der Waals surface area contributed by atoms with E-state index in [-0.39, 0.29) is 0 Å². The molecule has 1 aliphatic heterocycles. The van der Waals surface area contributed by atoms with Crippen molar-refractivity contribution in [3.05, 3.63) is 48.2 Å². The van der Waals surface area contributed by atoms with Gasteiger partial charge in [-0.05, 0) is 18.6 Å². The second kappa shape index (κ2) is 3.81. The number of dihydropyridines is 1. The summed E-state index contributed by atoms with van der Waals surface area (Å²) in [4.78, 5) is 0. The van der Waals surface area contributed by atoms with E-state index >= 15 is 0 Å². The fourth-order valence-corrected chi connectivity index (χ4v) is 1.06. The summed E-state index contributed by atoms with van der Waals surface area (Å²) in [5.41, 5.74) is 2.32. The topological polar surface area (TPSA) is 12.0 Å². The Labute approximate surface area is 67.8 Å². The highest BCUT2D eigenvalue weighted by Crippen LogP contribution is 2.09. The van der Waals surface area contributed by atoms with Gasteiger partial charge in [0.1, 0.15) is 0 Å². The molecule has 0 amide bonds. The molecular formula is C10H13N. The van der Waals surface area contributed by atoms with E-state index in [1.54, 1.807) is 0 Å². The van der Waals surface area contributed by atoms with Crippen molar-refractivity contribution < 1.29 is 0 Å². The number of hydrogen-bond donors (Lipinski definition) is 1. The highest BCUT2D eigenvalue weighted by molar-refractivity contribution is 5.41. The molecule has 0 aliphatic carbocycles. The maximum Gasteiger partial charge on any atom is 0.0410 e. The zero-order chi connectivity index (χ0) is 8.10. The molecule has 0 atom stereocenters. The first-order valence-corrected chi connectivity index (χ1v) is 3.78. The van der Waals surface area contributed by atoms with Gasteiger partial charge in [-0.15, -0.1) is 0 Å². The molecule has 0 aromatic rings. The summed E-state index contributed by atoms with van der Waals surface area (Å²) in [6.45, 7) is 6.64. The van der Waals surface area contributed by atoms with E-state index in [2.05, 4.69) is 30.1 Å². The largest absolute Gasteiger partial charge is 0.381 e. The third kappa shape index (κ3) is 1.84. The molecular weight excluding hydrogens is 134 g/mol. The lowest BCUT2D eigenvalue weighted by Crippen LogP contribution is -2.15. The predicted octanol–water partition coefficient (Wildman–Crippen LogP) is 2.16. The van der Waals surface area contributed by atoms with E-state index in [0.717, 1.165) is 12.2 Å². The van der Waals surface area contributed by atoms with Gasteiger partial charge in [-0.3, -0.25) is 0 Å². The van der Waals surface area contributed by atoms with Gasteiger partial charge in [-0.1, -0.05) is 30.9 Å². The summed E-state index contributed by atoms with van der Waals surface area (Å²) >= 11 is 0. The number of allylic oxidation sites excluding steroid dienone is 5. The number of nitrogens with one attached hydrogen (secondary N) is 1. The molecule has 11 heavy (non-hydrogen) atoms. The third-order valence-corrected chi connectivity index (χ3v) is 1.57. The zero-order valence-corrected chi connectivity index (χ0v) is 6.80. The van der Waals surface area contributed by atoms with E-state index < -0.39 is 0 Å². The standard InChI is InChI=1S/C10H13N/c1-3-6-9-7-5-8-11-10(9)4-2/h3-7,11H,2,8H2,1H3/b6-3-. The lowest BCUT2D eigenvalue weighted by molar-refractivity contribution is 0.911. The van der Waals surface area contributed by atoms with E-state index in [1.165, 1.54) is 5.57 Å². The van der Waals surface area contributed by atoms with Crippen LogP contribution in [0.2, 0.25) is 0 Å². The Kier molecular flexibility index (Phi) is 2.73. The molecule has 1 nitrogen and oxygen atoms in total. The summed E-state index contributed by atoms with van der Waals surface area (Å²) in [6, 6.07) is 0. The first kappa shape index (κ1) is 7.86. The Bertz CT molecular complexity index is 227. The summed E-state index contributed by atoms with van der Waals surface area (Å²) < 4.78 is 0. The van der Waals surface area contributed by atoms with Crippen molar-refractivity contribution in [2.75, 3.05) is 6.54 Å². The summed E-state index contributed by atoms with van der Waals surface area (Å²) in [5, 5.41) is 3.23. The maximum atomic E-state index is 3.73. The van der Waals surface area contributed by atoms with Gasteiger partial charge >= 0.3 is 0 Å². The smallest absolute Gasteiger partial charge is 0.0410 e. The second-order valence-corrected chi connectivity index (χ2v) is 2.36. The van der Waals surface area contributed by atoms with Crippen molar-refractivity contribution in [1.82, 2.24) is 5.32 Å². The van der Waals surface area contributed by atoms with Crippen LogP contribution >= 0.6 is 0 Å². The van der Waals surface area contributed by atoms with Gasteiger partial charge in [0.25, 0.3) is 0 Å². The Balaban J connectivity index is 2.91. The first-order chi connectivity index (χ1) is 5.38. The molecule has 0 bridgehead atoms. The van der Waals surface area contributed by atoms with Crippen LogP contribution in [0.4, 0.5) is 0 Å².